The Morgan fingerprint density at radius 2 is 1.79 bits per heavy atom. The fraction of sp³-hybridized carbons (Fsp3) is 0.0714. The van der Waals surface area contributed by atoms with Gasteiger partial charge in [-0.25, -0.2) is 8.78 Å². The van der Waals surface area contributed by atoms with E-state index >= 15 is 0 Å². The first-order valence-corrected chi connectivity index (χ1v) is 5.60. The highest BCUT2D eigenvalue weighted by Gasteiger charge is 2.14. The van der Waals surface area contributed by atoms with E-state index in [0.717, 1.165) is 11.6 Å². The summed E-state index contributed by atoms with van der Waals surface area (Å²) in [6.07, 6.45) is 0. The molecule has 0 saturated carbocycles. The third-order valence-corrected chi connectivity index (χ3v) is 2.61. The van der Waals surface area contributed by atoms with Gasteiger partial charge in [0.2, 0.25) is 0 Å². The number of aryl methyl sites for hydroxylation is 1. The molecule has 5 heteroatoms. The van der Waals surface area contributed by atoms with E-state index in [-0.39, 0.29) is 11.3 Å². The van der Waals surface area contributed by atoms with E-state index in [9.17, 15) is 13.6 Å². The predicted octanol–water partition coefficient (Wildman–Crippen LogP) is 3.11. The van der Waals surface area contributed by atoms with E-state index in [2.05, 4.69) is 5.32 Å². The number of amides is 1. The maximum atomic E-state index is 13.5. The standard InChI is InChI=1S/C14H12F2N2O/c1-8-2-4-11(15)10(6-8)14(19)18-13-7-9(17)3-5-12(13)16/h2-7H,17H2,1H3,(H,18,19). The summed E-state index contributed by atoms with van der Waals surface area (Å²) in [4.78, 5) is 11.9. The highest BCUT2D eigenvalue weighted by Crippen LogP contribution is 2.19. The van der Waals surface area contributed by atoms with Gasteiger partial charge >= 0.3 is 0 Å². The Hall–Kier alpha value is -2.43. The molecule has 0 atom stereocenters. The van der Waals surface area contributed by atoms with Gasteiger partial charge in [-0.1, -0.05) is 11.6 Å². The smallest absolute Gasteiger partial charge is 0.258 e. The predicted molar refractivity (Wildman–Crippen MR) is 69.9 cm³/mol. The first-order chi connectivity index (χ1) is 8.97. The summed E-state index contributed by atoms with van der Waals surface area (Å²) in [6, 6.07) is 7.93. The fourth-order valence-electron chi connectivity index (χ4n) is 1.64. The van der Waals surface area contributed by atoms with Gasteiger partial charge in [-0.05, 0) is 37.3 Å². The van der Waals surface area contributed by atoms with Gasteiger partial charge in [0.1, 0.15) is 11.6 Å². The summed E-state index contributed by atoms with van der Waals surface area (Å²) in [5.74, 6) is -2.01. The normalized spacial score (nSPS) is 10.3. The van der Waals surface area contributed by atoms with Crippen LogP contribution in [0.5, 0.6) is 0 Å². The van der Waals surface area contributed by atoms with E-state index in [1.807, 2.05) is 0 Å². The van der Waals surface area contributed by atoms with E-state index in [4.69, 9.17) is 5.73 Å². The van der Waals surface area contributed by atoms with Crippen molar-refractivity contribution in [3.63, 3.8) is 0 Å². The van der Waals surface area contributed by atoms with Gasteiger partial charge < -0.3 is 11.1 Å². The second kappa shape index (κ2) is 5.06. The van der Waals surface area contributed by atoms with Crippen molar-refractivity contribution >= 4 is 17.3 Å². The number of nitrogens with two attached hydrogens (primary N) is 1. The number of hydrogen-bond donors (Lipinski definition) is 2. The lowest BCUT2D eigenvalue weighted by molar-refractivity contribution is 0.102. The minimum absolute atomic E-state index is 0.0779. The van der Waals surface area contributed by atoms with Crippen LogP contribution in [0.4, 0.5) is 20.2 Å². The van der Waals surface area contributed by atoms with Gasteiger partial charge in [-0.15, -0.1) is 0 Å². The minimum Gasteiger partial charge on any atom is -0.399 e. The van der Waals surface area contributed by atoms with Crippen molar-refractivity contribution in [1.29, 1.82) is 0 Å². The Morgan fingerprint density at radius 1 is 1.11 bits per heavy atom. The molecule has 19 heavy (non-hydrogen) atoms. The molecule has 0 aliphatic carbocycles. The molecular formula is C14H12F2N2O. The van der Waals surface area contributed by atoms with E-state index in [1.165, 1.54) is 24.3 Å². The monoisotopic (exact) mass is 262 g/mol. The molecule has 0 saturated heterocycles. The number of nitrogen functional groups attached to an aromatic ring is 1. The number of nitrogens with one attached hydrogen (secondary N) is 1. The van der Waals surface area contributed by atoms with Crippen LogP contribution in [-0.4, -0.2) is 5.91 Å². The zero-order chi connectivity index (χ0) is 14.0. The molecule has 0 spiro atoms. The third-order valence-electron chi connectivity index (χ3n) is 2.61. The van der Waals surface area contributed by atoms with Crippen molar-refractivity contribution in [2.75, 3.05) is 11.1 Å². The second-order valence-electron chi connectivity index (χ2n) is 4.18. The van der Waals surface area contributed by atoms with Crippen LogP contribution in [0.2, 0.25) is 0 Å². The first kappa shape index (κ1) is 13.0. The lowest BCUT2D eigenvalue weighted by atomic mass is 10.1. The number of rotatable bonds is 2. The molecule has 98 valence electrons. The van der Waals surface area contributed by atoms with Gasteiger partial charge in [0.05, 0.1) is 11.3 Å². The topological polar surface area (TPSA) is 55.1 Å². The number of anilines is 2. The number of hydrogen-bond acceptors (Lipinski definition) is 2. The fourth-order valence-corrected chi connectivity index (χ4v) is 1.64. The summed E-state index contributed by atoms with van der Waals surface area (Å²) in [5.41, 5.74) is 6.33. The summed E-state index contributed by atoms with van der Waals surface area (Å²) in [7, 11) is 0. The Labute approximate surface area is 109 Å². The molecule has 2 aromatic rings. The van der Waals surface area contributed by atoms with Crippen LogP contribution >= 0.6 is 0 Å². The van der Waals surface area contributed by atoms with Gasteiger partial charge in [0.15, 0.2) is 0 Å². The van der Waals surface area contributed by atoms with Crippen LogP contribution in [-0.2, 0) is 0 Å². The Bertz CT molecular complexity index is 641. The quantitative estimate of drug-likeness (QED) is 0.817. The molecule has 0 aliphatic heterocycles. The summed E-state index contributed by atoms with van der Waals surface area (Å²) >= 11 is 0. The van der Waals surface area contributed by atoms with Crippen LogP contribution in [0.25, 0.3) is 0 Å². The van der Waals surface area contributed by atoms with Gasteiger partial charge in [0, 0.05) is 5.69 Å². The molecular weight excluding hydrogens is 250 g/mol. The summed E-state index contributed by atoms with van der Waals surface area (Å²) in [5, 5.41) is 2.30. The molecule has 0 unspecified atom stereocenters. The zero-order valence-electron chi connectivity index (χ0n) is 10.2. The molecule has 0 fully saturated rings. The minimum atomic E-state index is -0.717. The van der Waals surface area contributed by atoms with Crippen molar-refractivity contribution in [1.82, 2.24) is 0 Å². The molecule has 0 heterocycles. The molecule has 0 bridgehead atoms. The van der Waals surface area contributed by atoms with Crippen molar-refractivity contribution in [3.8, 4) is 0 Å². The Morgan fingerprint density at radius 3 is 2.53 bits per heavy atom. The first-order valence-electron chi connectivity index (χ1n) is 5.60. The number of benzene rings is 2. The third kappa shape index (κ3) is 2.88. The summed E-state index contributed by atoms with van der Waals surface area (Å²) < 4.78 is 27.0. The number of carbonyl (C=O) groups is 1. The van der Waals surface area contributed by atoms with Crippen molar-refractivity contribution in [2.24, 2.45) is 0 Å². The lowest BCUT2D eigenvalue weighted by Crippen LogP contribution is -2.15. The zero-order valence-corrected chi connectivity index (χ0v) is 10.2. The maximum absolute atomic E-state index is 13.5. The van der Waals surface area contributed by atoms with Crippen LogP contribution in [0.3, 0.4) is 0 Å². The largest absolute Gasteiger partial charge is 0.399 e. The van der Waals surface area contributed by atoms with Crippen molar-refractivity contribution < 1.29 is 13.6 Å². The van der Waals surface area contributed by atoms with Crippen LogP contribution in [0, 0.1) is 18.6 Å². The second-order valence-corrected chi connectivity index (χ2v) is 4.18. The molecule has 3 N–H and O–H groups in total. The molecule has 2 rings (SSSR count). The highest BCUT2D eigenvalue weighted by atomic mass is 19.1. The maximum Gasteiger partial charge on any atom is 0.258 e. The van der Waals surface area contributed by atoms with Gasteiger partial charge in [0.25, 0.3) is 5.91 Å². The van der Waals surface area contributed by atoms with E-state index < -0.39 is 17.5 Å². The summed E-state index contributed by atoms with van der Waals surface area (Å²) in [6.45, 7) is 1.73. The van der Waals surface area contributed by atoms with Gasteiger partial charge in [-0.2, -0.15) is 0 Å². The molecule has 0 aliphatic rings. The number of halogens is 2. The number of carbonyl (C=O) groups excluding carboxylic acids is 1. The SMILES string of the molecule is Cc1ccc(F)c(C(=O)Nc2cc(N)ccc2F)c1. The van der Waals surface area contributed by atoms with Crippen LogP contribution in [0.1, 0.15) is 15.9 Å². The average molecular weight is 262 g/mol. The van der Waals surface area contributed by atoms with Gasteiger partial charge in [-0.3, -0.25) is 4.79 Å². The molecule has 3 nitrogen and oxygen atoms in total. The lowest BCUT2D eigenvalue weighted by Gasteiger charge is -2.08. The average Bonchev–Trinajstić information content (AvgIpc) is 2.36. The molecule has 1 amide bonds. The van der Waals surface area contributed by atoms with E-state index in [0.29, 0.717) is 5.69 Å². The van der Waals surface area contributed by atoms with Crippen molar-refractivity contribution in [2.45, 2.75) is 6.92 Å². The Balaban J connectivity index is 2.30. The van der Waals surface area contributed by atoms with Crippen LogP contribution in [0.15, 0.2) is 36.4 Å². The molecule has 0 aromatic heterocycles. The molecule has 0 radical (unpaired) electrons. The molecule has 2 aromatic carbocycles. The highest BCUT2D eigenvalue weighted by molar-refractivity contribution is 6.04. The van der Waals surface area contributed by atoms with E-state index in [1.54, 1.807) is 13.0 Å². The van der Waals surface area contributed by atoms with Crippen LogP contribution < -0.4 is 11.1 Å². The Kier molecular flexibility index (Phi) is 3.46. The van der Waals surface area contributed by atoms with Crippen molar-refractivity contribution in [3.05, 3.63) is 59.2 Å².